The summed E-state index contributed by atoms with van der Waals surface area (Å²) in [6, 6.07) is 1.93. The second-order valence-electron chi connectivity index (χ2n) is 2.06. The molecule has 0 aliphatic rings. The Balaban J connectivity index is 2.95. The van der Waals surface area contributed by atoms with E-state index in [9.17, 15) is 0 Å². The van der Waals surface area contributed by atoms with E-state index >= 15 is 0 Å². The summed E-state index contributed by atoms with van der Waals surface area (Å²) in [6.45, 7) is 2.01. The van der Waals surface area contributed by atoms with Crippen molar-refractivity contribution in [1.82, 2.24) is 13.7 Å². The number of aryl methyl sites for hydroxylation is 1. The Morgan fingerprint density at radius 1 is 1.40 bits per heavy atom. The molecule has 3 nitrogen and oxygen atoms in total. The highest BCUT2D eigenvalue weighted by molar-refractivity contribution is 7.00. The first kappa shape index (κ1) is 5.73. The number of aromatic nitrogens is 3. The number of hydrogen-bond acceptors (Lipinski definition) is 4. The first-order valence-electron chi connectivity index (χ1n) is 2.92. The van der Waals surface area contributed by atoms with Crippen LogP contribution < -0.4 is 0 Å². The van der Waals surface area contributed by atoms with Crippen LogP contribution in [0.1, 0.15) is 5.56 Å². The Bertz CT molecular complexity index is 355. The lowest BCUT2D eigenvalue weighted by Crippen LogP contribution is -1.78. The van der Waals surface area contributed by atoms with Gasteiger partial charge in [-0.2, -0.15) is 8.75 Å². The summed E-state index contributed by atoms with van der Waals surface area (Å²) in [5.74, 6) is 0. The lowest BCUT2D eigenvalue weighted by atomic mass is 10.3. The molecule has 0 atom stereocenters. The van der Waals surface area contributed by atoms with E-state index in [0.29, 0.717) is 0 Å². The van der Waals surface area contributed by atoms with E-state index < -0.39 is 0 Å². The lowest BCUT2D eigenvalue weighted by molar-refractivity contribution is 1.33. The van der Waals surface area contributed by atoms with Gasteiger partial charge in [-0.05, 0) is 18.6 Å². The standard InChI is InChI=1S/C6H5N3S/c1-4-2-3-7-6-5(4)8-10-9-6/h2-3H,1H3. The largest absolute Gasteiger partial charge is 0.234 e. The number of fused-ring (bicyclic) bond motifs is 1. The van der Waals surface area contributed by atoms with Gasteiger partial charge in [0.15, 0.2) is 5.65 Å². The van der Waals surface area contributed by atoms with Crippen molar-refractivity contribution < 1.29 is 0 Å². The maximum absolute atomic E-state index is 4.09. The normalized spacial score (nSPS) is 10.5. The Kier molecular flexibility index (Phi) is 1.14. The molecule has 0 unspecified atom stereocenters. The van der Waals surface area contributed by atoms with E-state index in [2.05, 4.69) is 13.7 Å². The minimum absolute atomic E-state index is 0.755. The van der Waals surface area contributed by atoms with Crippen LogP contribution in [0.2, 0.25) is 0 Å². The molecule has 0 bridgehead atoms. The molecular weight excluding hydrogens is 146 g/mol. The first-order valence-corrected chi connectivity index (χ1v) is 3.65. The Morgan fingerprint density at radius 3 is 3.10 bits per heavy atom. The number of nitrogens with zero attached hydrogens (tertiary/aromatic N) is 3. The topological polar surface area (TPSA) is 38.7 Å². The van der Waals surface area contributed by atoms with Gasteiger partial charge in [0.2, 0.25) is 0 Å². The molecule has 0 spiro atoms. The van der Waals surface area contributed by atoms with E-state index in [1.807, 2.05) is 13.0 Å². The monoisotopic (exact) mass is 151 g/mol. The zero-order valence-electron chi connectivity index (χ0n) is 5.40. The molecule has 0 aromatic carbocycles. The van der Waals surface area contributed by atoms with Crippen LogP contribution in [0.25, 0.3) is 11.2 Å². The van der Waals surface area contributed by atoms with Crippen molar-refractivity contribution in [3.05, 3.63) is 17.8 Å². The SMILES string of the molecule is Cc1ccnc2nsnc12. The predicted octanol–water partition coefficient (Wildman–Crippen LogP) is 1.39. The van der Waals surface area contributed by atoms with Gasteiger partial charge in [-0.15, -0.1) is 0 Å². The molecule has 4 heteroatoms. The van der Waals surface area contributed by atoms with Gasteiger partial charge in [0.1, 0.15) is 5.52 Å². The Hall–Kier alpha value is -1.03. The average Bonchev–Trinajstić information content (AvgIpc) is 2.36. The van der Waals surface area contributed by atoms with Crippen LogP contribution in [0.5, 0.6) is 0 Å². The molecule has 0 fully saturated rings. The smallest absolute Gasteiger partial charge is 0.193 e. The third kappa shape index (κ3) is 0.690. The van der Waals surface area contributed by atoms with Crippen molar-refractivity contribution in [2.45, 2.75) is 6.92 Å². The van der Waals surface area contributed by atoms with Gasteiger partial charge in [-0.3, -0.25) is 0 Å². The Morgan fingerprint density at radius 2 is 2.30 bits per heavy atom. The summed E-state index contributed by atoms with van der Waals surface area (Å²) in [7, 11) is 0. The molecule has 0 saturated heterocycles. The molecule has 0 saturated carbocycles. The minimum atomic E-state index is 0.755. The van der Waals surface area contributed by atoms with Crippen molar-refractivity contribution in [3.63, 3.8) is 0 Å². The van der Waals surface area contributed by atoms with E-state index in [4.69, 9.17) is 0 Å². The average molecular weight is 151 g/mol. The maximum Gasteiger partial charge on any atom is 0.193 e. The summed E-state index contributed by atoms with van der Waals surface area (Å²) >= 11 is 1.20. The second kappa shape index (κ2) is 1.98. The highest BCUT2D eigenvalue weighted by atomic mass is 32.1. The zero-order chi connectivity index (χ0) is 6.97. The molecule has 0 amide bonds. The summed E-state index contributed by atoms with van der Waals surface area (Å²) in [5.41, 5.74) is 2.82. The number of pyridine rings is 1. The van der Waals surface area contributed by atoms with Gasteiger partial charge in [0.05, 0.1) is 11.7 Å². The molecule has 2 rings (SSSR count). The fourth-order valence-electron chi connectivity index (χ4n) is 0.816. The zero-order valence-corrected chi connectivity index (χ0v) is 6.22. The van der Waals surface area contributed by atoms with Gasteiger partial charge in [-0.1, -0.05) is 0 Å². The third-order valence-electron chi connectivity index (χ3n) is 1.37. The van der Waals surface area contributed by atoms with Gasteiger partial charge in [0, 0.05) is 6.20 Å². The summed E-state index contributed by atoms with van der Waals surface area (Å²) < 4.78 is 8.09. The van der Waals surface area contributed by atoms with Crippen molar-refractivity contribution in [1.29, 1.82) is 0 Å². The first-order chi connectivity index (χ1) is 4.88. The number of hydrogen-bond donors (Lipinski definition) is 0. The molecule has 2 aromatic rings. The lowest BCUT2D eigenvalue weighted by Gasteiger charge is -1.87. The van der Waals surface area contributed by atoms with Crippen LogP contribution in [-0.2, 0) is 0 Å². The van der Waals surface area contributed by atoms with Crippen LogP contribution in [0.15, 0.2) is 12.3 Å². The molecule has 0 radical (unpaired) electrons. The van der Waals surface area contributed by atoms with Crippen molar-refractivity contribution in [3.8, 4) is 0 Å². The van der Waals surface area contributed by atoms with Crippen LogP contribution in [-0.4, -0.2) is 13.7 Å². The third-order valence-corrected chi connectivity index (χ3v) is 1.88. The molecule has 10 heavy (non-hydrogen) atoms. The predicted molar refractivity (Wildman–Crippen MR) is 39.9 cm³/mol. The molecule has 2 aromatic heterocycles. The highest BCUT2D eigenvalue weighted by Gasteiger charge is 1.99. The summed E-state index contributed by atoms with van der Waals surface area (Å²) in [5, 5.41) is 0. The van der Waals surface area contributed by atoms with Gasteiger partial charge >= 0.3 is 0 Å². The van der Waals surface area contributed by atoms with Crippen molar-refractivity contribution in [2.24, 2.45) is 0 Å². The van der Waals surface area contributed by atoms with Crippen molar-refractivity contribution in [2.75, 3.05) is 0 Å². The number of rotatable bonds is 0. The molecule has 0 aliphatic heterocycles. The van der Waals surface area contributed by atoms with Gasteiger partial charge in [0.25, 0.3) is 0 Å². The fraction of sp³-hybridized carbons (Fsp3) is 0.167. The van der Waals surface area contributed by atoms with Crippen LogP contribution in [0, 0.1) is 6.92 Å². The highest BCUT2D eigenvalue weighted by Crippen LogP contribution is 2.11. The fourth-order valence-corrected chi connectivity index (χ4v) is 1.37. The van der Waals surface area contributed by atoms with Crippen LogP contribution in [0.3, 0.4) is 0 Å². The molecule has 0 N–H and O–H groups in total. The van der Waals surface area contributed by atoms with Gasteiger partial charge < -0.3 is 0 Å². The van der Waals surface area contributed by atoms with Crippen LogP contribution in [0.4, 0.5) is 0 Å². The maximum atomic E-state index is 4.09. The van der Waals surface area contributed by atoms with Crippen molar-refractivity contribution >= 4 is 22.9 Å². The quantitative estimate of drug-likeness (QED) is 0.571. The minimum Gasteiger partial charge on any atom is -0.234 e. The second-order valence-corrected chi connectivity index (χ2v) is 2.59. The van der Waals surface area contributed by atoms with Gasteiger partial charge in [-0.25, -0.2) is 4.98 Å². The van der Waals surface area contributed by atoms with E-state index in [1.165, 1.54) is 11.7 Å². The Labute approximate surface area is 62.1 Å². The summed E-state index contributed by atoms with van der Waals surface area (Å²) in [4.78, 5) is 4.04. The van der Waals surface area contributed by atoms with E-state index in [1.54, 1.807) is 6.20 Å². The molecular formula is C6H5N3S. The molecule has 2 heterocycles. The summed E-state index contributed by atoms with van der Waals surface area (Å²) in [6.07, 6.45) is 1.75. The molecule has 50 valence electrons. The van der Waals surface area contributed by atoms with E-state index in [0.717, 1.165) is 16.7 Å². The molecule has 0 aliphatic carbocycles. The van der Waals surface area contributed by atoms with Crippen LogP contribution >= 0.6 is 11.7 Å². The van der Waals surface area contributed by atoms with E-state index in [-0.39, 0.29) is 0 Å².